The van der Waals surface area contributed by atoms with Gasteiger partial charge in [0, 0.05) is 0 Å². The van der Waals surface area contributed by atoms with Crippen LogP contribution in [0.3, 0.4) is 0 Å². The summed E-state index contributed by atoms with van der Waals surface area (Å²) in [5.41, 5.74) is 2.25. The fourth-order valence-corrected chi connectivity index (χ4v) is 5.49. The molecule has 2 aliphatic heterocycles. The van der Waals surface area contributed by atoms with E-state index in [1.807, 2.05) is 0 Å². The van der Waals surface area contributed by atoms with Crippen LogP contribution in [0.15, 0.2) is 47.5 Å². The summed E-state index contributed by atoms with van der Waals surface area (Å²) in [6.07, 6.45) is -15.1. The lowest BCUT2D eigenvalue weighted by molar-refractivity contribution is -0.300. The number of aliphatic hydroxyl groups excluding tert-OH is 8. The van der Waals surface area contributed by atoms with Crippen molar-refractivity contribution in [2.24, 2.45) is 0 Å². The van der Waals surface area contributed by atoms with Crippen molar-refractivity contribution in [1.82, 2.24) is 0 Å². The van der Waals surface area contributed by atoms with Crippen molar-refractivity contribution in [2.75, 3.05) is 40.6 Å². The Hall–Kier alpha value is -3.10. The van der Waals surface area contributed by atoms with Crippen molar-refractivity contribution >= 4 is 0 Å². The van der Waals surface area contributed by atoms with Crippen molar-refractivity contribution in [2.45, 2.75) is 74.3 Å². The summed E-state index contributed by atoms with van der Waals surface area (Å²) in [4.78, 5) is 0. The van der Waals surface area contributed by atoms with Crippen LogP contribution in [-0.4, -0.2) is 153 Å². The maximum atomic E-state index is 10.6. The number of benzene rings is 2. The average molecular weight is 685 g/mol. The molecule has 0 spiro atoms. The van der Waals surface area contributed by atoms with Gasteiger partial charge in [-0.05, 0) is 59.4 Å². The molecule has 4 rings (SSSR count). The monoisotopic (exact) mass is 684 g/mol. The Bertz CT molecular complexity index is 1260. The lowest BCUT2D eigenvalue weighted by Gasteiger charge is -2.40. The normalized spacial score (nSPS) is 31.3. The quantitative estimate of drug-likeness (QED) is 0.0950. The van der Waals surface area contributed by atoms with Gasteiger partial charge in [-0.15, -0.1) is 0 Å². The summed E-state index contributed by atoms with van der Waals surface area (Å²) in [6, 6.07) is 9.29. The van der Waals surface area contributed by atoms with E-state index < -0.39 is 74.6 Å². The van der Waals surface area contributed by atoms with Crippen LogP contribution >= 0.6 is 0 Å². The Balaban J connectivity index is 1.73. The number of aromatic hydroxyl groups is 2. The molecule has 0 aliphatic carbocycles. The molecule has 16 heteroatoms. The molecule has 0 unspecified atom stereocenters. The highest BCUT2D eigenvalue weighted by molar-refractivity contribution is 5.45. The first-order chi connectivity index (χ1) is 22.9. The number of ether oxygens (including phenoxy) is 6. The minimum atomic E-state index is -1.69. The van der Waals surface area contributed by atoms with E-state index >= 15 is 0 Å². The van der Waals surface area contributed by atoms with Crippen molar-refractivity contribution in [3.8, 4) is 23.0 Å². The predicted molar refractivity (Wildman–Crippen MR) is 163 cm³/mol. The molecule has 0 aromatic heterocycles. The zero-order valence-electron chi connectivity index (χ0n) is 26.4. The summed E-state index contributed by atoms with van der Waals surface area (Å²) < 4.78 is 33.4. The van der Waals surface area contributed by atoms with Crippen LogP contribution < -0.4 is 9.47 Å². The van der Waals surface area contributed by atoms with E-state index in [9.17, 15) is 51.1 Å². The third-order valence-corrected chi connectivity index (χ3v) is 8.36. The highest BCUT2D eigenvalue weighted by atomic mass is 16.7. The smallest absolute Gasteiger partial charge is 0.187 e. The van der Waals surface area contributed by atoms with Gasteiger partial charge in [0.15, 0.2) is 35.6 Å². The number of hydrogen-bond acceptors (Lipinski definition) is 16. The van der Waals surface area contributed by atoms with Crippen LogP contribution in [0.1, 0.15) is 11.1 Å². The lowest BCUT2D eigenvalue weighted by Crippen LogP contribution is -2.59. The van der Waals surface area contributed by atoms with Crippen LogP contribution in [-0.2, 0) is 31.8 Å². The molecule has 0 bridgehead atoms. The Kier molecular flexibility index (Phi) is 13.4. The van der Waals surface area contributed by atoms with E-state index in [-0.39, 0.29) is 49.1 Å². The summed E-state index contributed by atoms with van der Waals surface area (Å²) in [5.74, 6) is 0.159. The largest absolute Gasteiger partial charge is 0.504 e. The van der Waals surface area contributed by atoms with Crippen LogP contribution in [0.2, 0.25) is 0 Å². The number of phenols is 2. The first-order valence-electron chi connectivity index (χ1n) is 15.2. The first kappa shape index (κ1) is 37.7. The van der Waals surface area contributed by atoms with Gasteiger partial charge in [0.1, 0.15) is 48.8 Å². The van der Waals surface area contributed by atoms with Crippen molar-refractivity contribution < 1.29 is 79.5 Å². The molecule has 268 valence electrons. The van der Waals surface area contributed by atoms with Crippen molar-refractivity contribution in [3.63, 3.8) is 0 Å². The summed E-state index contributed by atoms with van der Waals surface area (Å²) in [5, 5.41) is 102. The SMILES string of the molecule is COc1cc(C/C(CO[C@@H]2O[C@H](CO)[C@@H](O)[C@H](O)[C@H]2O)=C(/CO[C@@H]2O[C@H](CO)[C@@H](O)[C@H](O)[C@H]2O)Cc2ccc(O)c(OC)c2)ccc1O. The maximum absolute atomic E-state index is 10.6. The molecule has 2 saturated heterocycles. The van der Waals surface area contributed by atoms with Gasteiger partial charge in [0.05, 0.1) is 40.6 Å². The average Bonchev–Trinajstić information content (AvgIpc) is 3.09. The number of phenolic OH excluding ortho intramolecular Hbond substituents is 2. The van der Waals surface area contributed by atoms with Gasteiger partial charge in [0.2, 0.25) is 0 Å². The summed E-state index contributed by atoms with van der Waals surface area (Å²) >= 11 is 0. The number of rotatable bonds is 14. The minimum absolute atomic E-state index is 0.105. The number of aliphatic hydroxyl groups is 8. The highest BCUT2D eigenvalue weighted by Crippen LogP contribution is 2.32. The van der Waals surface area contributed by atoms with E-state index in [1.165, 1.54) is 26.4 Å². The van der Waals surface area contributed by atoms with Gasteiger partial charge in [-0.25, -0.2) is 0 Å². The van der Waals surface area contributed by atoms with Crippen LogP contribution in [0.25, 0.3) is 0 Å². The molecule has 10 N–H and O–H groups in total. The van der Waals surface area contributed by atoms with Crippen LogP contribution in [0.4, 0.5) is 0 Å². The molecule has 0 amide bonds. The molecule has 16 nitrogen and oxygen atoms in total. The minimum Gasteiger partial charge on any atom is -0.504 e. The molecule has 48 heavy (non-hydrogen) atoms. The van der Waals surface area contributed by atoms with Crippen LogP contribution in [0.5, 0.6) is 23.0 Å². The van der Waals surface area contributed by atoms with E-state index in [2.05, 4.69) is 0 Å². The van der Waals surface area contributed by atoms with E-state index in [0.29, 0.717) is 22.3 Å². The van der Waals surface area contributed by atoms with Gasteiger partial charge < -0.3 is 79.5 Å². The van der Waals surface area contributed by atoms with E-state index in [1.54, 1.807) is 24.3 Å². The van der Waals surface area contributed by atoms with Gasteiger partial charge in [-0.3, -0.25) is 0 Å². The second kappa shape index (κ2) is 17.0. The molecule has 2 fully saturated rings. The van der Waals surface area contributed by atoms with Gasteiger partial charge >= 0.3 is 0 Å². The second-order valence-corrected chi connectivity index (χ2v) is 11.6. The van der Waals surface area contributed by atoms with Crippen LogP contribution in [0, 0.1) is 0 Å². The fraction of sp³-hybridized carbons (Fsp3) is 0.562. The fourth-order valence-electron chi connectivity index (χ4n) is 5.49. The summed E-state index contributed by atoms with van der Waals surface area (Å²) in [7, 11) is 2.77. The predicted octanol–water partition coefficient (Wildman–Crippen LogP) is -2.17. The van der Waals surface area contributed by atoms with Gasteiger partial charge in [-0.1, -0.05) is 12.1 Å². The Morgan fingerprint density at radius 1 is 0.583 bits per heavy atom. The molecule has 0 saturated carbocycles. The first-order valence-corrected chi connectivity index (χ1v) is 15.2. The Labute approximate surface area is 276 Å². The topological polar surface area (TPSA) is 258 Å². The Morgan fingerprint density at radius 3 is 1.29 bits per heavy atom. The molecule has 2 aromatic rings. The van der Waals surface area contributed by atoms with Gasteiger partial charge in [-0.2, -0.15) is 0 Å². The van der Waals surface area contributed by atoms with Gasteiger partial charge in [0.25, 0.3) is 0 Å². The second-order valence-electron chi connectivity index (χ2n) is 11.6. The molecular weight excluding hydrogens is 640 g/mol. The zero-order valence-corrected chi connectivity index (χ0v) is 26.4. The number of methoxy groups -OCH3 is 2. The lowest BCUT2D eigenvalue weighted by atomic mass is 9.95. The highest BCUT2D eigenvalue weighted by Gasteiger charge is 2.45. The number of hydrogen-bond donors (Lipinski definition) is 10. The van der Waals surface area contributed by atoms with E-state index in [4.69, 9.17) is 28.4 Å². The van der Waals surface area contributed by atoms with E-state index in [0.717, 1.165) is 0 Å². The zero-order chi connectivity index (χ0) is 35.1. The standard InChI is InChI=1S/C32H44O16/c1-43-21-9-15(3-5-19(21)35)7-17(13-45-31-29(41)27(39)25(37)23(11-33)47-31)18(8-16-4-6-20(36)22(10-16)44-2)14-46-32-30(42)28(40)26(38)24(12-34)48-32/h3-6,9-10,23-42H,7-8,11-14H2,1-2H3/b18-17-/t23-,24-,25-,26-,27+,28+,29-,30-,31-,32-/m1/s1. The molecule has 2 aliphatic rings. The molecule has 2 aromatic carbocycles. The third-order valence-electron chi connectivity index (χ3n) is 8.36. The molecule has 10 atom stereocenters. The van der Waals surface area contributed by atoms with Crippen molar-refractivity contribution in [3.05, 3.63) is 58.7 Å². The molecule has 0 radical (unpaired) electrons. The summed E-state index contributed by atoms with van der Waals surface area (Å²) in [6.45, 7) is -1.90. The molecule has 2 heterocycles. The maximum Gasteiger partial charge on any atom is 0.187 e. The Morgan fingerprint density at radius 2 is 0.958 bits per heavy atom. The third kappa shape index (κ3) is 8.73. The molecular formula is C32H44O16. The van der Waals surface area contributed by atoms with Crippen molar-refractivity contribution in [1.29, 1.82) is 0 Å².